The van der Waals surface area contributed by atoms with E-state index in [1.807, 2.05) is 24.3 Å². The Morgan fingerprint density at radius 2 is 1.97 bits per heavy atom. The average molecular weight is 408 g/mol. The summed E-state index contributed by atoms with van der Waals surface area (Å²) in [4.78, 5) is 31.0. The third-order valence-electron chi connectivity index (χ3n) is 5.51. The standard InChI is InChI=1S/C22H17FN2O3S/c1-12(26)18-19-14-8-4-6-10-16(14)28-22(18,2)24-21-25(19)20(27)17(29-21)11-13-7-3-5-9-15(13)23/h3-11,18-19H,1-2H3/b17-11-/t18-,19-,22-/m1/s1. The van der Waals surface area contributed by atoms with Gasteiger partial charge in [0.15, 0.2) is 4.80 Å². The number of aromatic nitrogens is 1. The van der Waals surface area contributed by atoms with Crippen LogP contribution in [0.2, 0.25) is 0 Å². The second-order valence-electron chi connectivity index (χ2n) is 7.43. The van der Waals surface area contributed by atoms with Crippen LogP contribution in [-0.4, -0.2) is 16.1 Å². The molecule has 0 spiro atoms. The van der Waals surface area contributed by atoms with Gasteiger partial charge >= 0.3 is 0 Å². The van der Waals surface area contributed by atoms with Crippen molar-refractivity contribution in [3.8, 4) is 5.75 Å². The number of thiazole rings is 1. The van der Waals surface area contributed by atoms with Crippen LogP contribution in [0.4, 0.5) is 4.39 Å². The van der Waals surface area contributed by atoms with E-state index in [9.17, 15) is 14.0 Å². The molecule has 0 unspecified atom stereocenters. The number of para-hydroxylation sites is 1. The summed E-state index contributed by atoms with van der Waals surface area (Å²) in [5.41, 5.74) is -0.277. The molecule has 1 aromatic heterocycles. The van der Waals surface area contributed by atoms with E-state index in [1.165, 1.54) is 30.4 Å². The Hall–Kier alpha value is -3.06. The molecular weight excluding hydrogens is 391 g/mol. The van der Waals surface area contributed by atoms with Crippen LogP contribution in [0.15, 0.2) is 58.3 Å². The van der Waals surface area contributed by atoms with Gasteiger partial charge in [-0.1, -0.05) is 47.7 Å². The van der Waals surface area contributed by atoms with E-state index in [0.717, 1.165) is 5.56 Å². The molecule has 29 heavy (non-hydrogen) atoms. The van der Waals surface area contributed by atoms with Gasteiger partial charge in [-0.2, -0.15) is 0 Å². The number of hydrogen-bond acceptors (Lipinski definition) is 5. The highest BCUT2D eigenvalue weighted by atomic mass is 32.1. The number of rotatable bonds is 2. The molecule has 0 N–H and O–H groups in total. The Kier molecular flexibility index (Phi) is 3.86. The minimum atomic E-state index is -1.10. The Morgan fingerprint density at radius 3 is 2.72 bits per heavy atom. The first-order valence-corrected chi connectivity index (χ1v) is 10.1. The SMILES string of the molecule is CC(=O)[C@@H]1[C@H]2c3ccccc3O[C@@]1(C)N=c1s/c(=C\c3ccccc3F)c(=O)n12. The fourth-order valence-corrected chi connectivity index (χ4v) is 5.38. The predicted molar refractivity (Wildman–Crippen MR) is 107 cm³/mol. The molecule has 5 nitrogen and oxygen atoms in total. The highest BCUT2D eigenvalue weighted by Crippen LogP contribution is 2.47. The Bertz CT molecular complexity index is 1340. The van der Waals surface area contributed by atoms with E-state index < -0.39 is 23.5 Å². The quantitative estimate of drug-likeness (QED) is 0.654. The molecule has 7 heteroatoms. The highest BCUT2D eigenvalue weighted by Gasteiger charge is 2.53. The predicted octanol–water partition coefficient (Wildman–Crippen LogP) is 2.41. The maximum atomic E-state index is 14.1. The van der Waals surface area contributed by atoms with Crippen molar-refractivity contribution in [3.05, 3.63) is 85.2 Å². The van der Waals surface area contributed by atoms with Gasteiger partial charge in [-0.15, -0.1) is 0 Å². The lowest BCUT2D eigenvalue weighted by atomic mass is 9.79. The molecule has 0 radical (unpaired) electrons. The molecule has 0 saturated carbocycles. The summed E-state index contributed by atoms with van der Waals surface area (Å²) in [6.45, 7) is 3.27. The van der Waals surface area contributed by atoms with Crippen molar-refractivity contribution in [2.24, 2.45) is 10.9 Å². The fourth-order valence-electron chi connectivity index (χ4n) is 4.29. The fraction of sp³-hybridized carbons (Fsp3) is 0.227. The zero-order valence-electron chi connectivity index (χ0n) is 15.8. The van der Waals surface area contributed by atoms with Crippen molar-refractivity contribution in [2.75, 3.05) is 0 Å². The van der Waals surface area contributed by atoms with Gasteiger partial charge in [0.25, 0.3) is 5.56 Å². The van der Waals surface area contributed by atoms with Gasteiger partial charge in [0.05, 0.1) is 10.6 Å². The van der Waals surface area contributed by atoms with Gasteiger partial charge in [0.2, 0.25) is 5.72 Å². The monoisotopic (exact) mass is 408 g/mol. The number of carbonyl (C=O) groups excluding carboxylic acids is 1. The van der Waals surface area contributed by atoms with E-state index in [2.05, 4.69) is 4.99 Å². The molecule has 3 aromatic rings. The number of nitrogens with zero attached hydrogens (tertiary/aromatic N) is 2. The summed E-state index contributed by atoms with van der Waals surface area (Å²) >= 11 is 1.18. The first-order chi connectivity index (χ1) is 13.9. The van der Waals surface area contributed by atoms with Gasteiger partial charge < -0.3 is 4.74 Å². The summed E-state index contributed by atoms with van der Waals surface area (Å²) in [5.74, 6) is -0.511. The first-order valence-electron chi connectivity index (χ1n) is 9.25. The van der Waals surface area contributed by atoms with Crippen LogP contribution in [-0.2, 0) is 4.79 Å². The maximum absolute atomic E-state index is 14.1. The molecule has 2 aliphatic rings. The summed E-state index contributed by atoms with van der Waals surface area (Å²) in [5, 5.41) is 0. The molecule has 3 atom stereocenters. The number of benzene rings is 2. The maximum Gasteiger partial charge on any atom is 0.270 e. The summed E-state index contributed by atoms with van der Waals surface area (Å²) < 4.78 is 22.2. The molecule has 0 amide bonds. The van der Waals surface area contributed by atoms with Crippen molar-refractivity contribution in [1.29, 1.82) is 0 Å². The van der Waals surface area contributed by atoms with E-state index in [-0.39, 0.29) is 11.3 Å². The highest BCUT2D eigenvalue weighted by molar-refractivity contribution is 7.07. The van der Waals surface area contributed by atoms with Crippen LogP contribution in [0, 0.1) is 11.7 Å². The number of fused-ring (bicyclic) bond motifs is 6. The van der Waals surface area contributed by atoms with Gasteiger partial charge in [-0.25, -0.2) is 9.38 Å². The lowest BCUT2D eigenvalue weighted by Crippen LogP contribution is -2.58. The smallest absolute Gasteiger partial charge is 0.270 e. The lowest BCUT2D eigenvalue weighted by Gasteiger charge is -2.45. The van der Waals surface area contributed by atoms with Gasteiger partial charge in [-0.05, 0) is 32.1 Å². The molecule has 2 aromatic carbocycles. The Balaban J connectivity index is 1.83. The molecule has 5 rings (SSSR count). The number of Topliss-reactive ketones (excluding diaryl/α,β-unsaturated/α-hetero) is 1. The third kappa shape index (κ3) is 2.61. The van der Waals surface area contributed by atoms with Crippen LogP contribution >= 0.6 is 11.3 Å². The minimum absolute atomic E-state index is 0.0980. The van der Waals surface area contributed by atoms with Crippen molar-refractivity contribution in [3.63, 3.8) is 0 Å². The molecule has 146 valence electrons. The number of halogens is 1. The zero-order valence-corrected chi connectivity index (χ0v) is 16.6. The van der Waals surface area contributed by atoms with Crippen LogP contribution in [0.5, 0.6) is 5.75 Å². The molecule has 2 bridgehead atoms. The van der Waals surface area contributed by atoms with Crippen LogP contribution in [0.25, 0.3) is 6.08 Å². The van der Waals surface area contributed by atoms with Crippen LogP contribution < -0.4 is 19.6 Å². The van der Waals surface area contributed by atoms with Gasteiger partial charge in [0.1, 0.15) is 23.3 Å². The number of ketones is 1. The first kappa shape index (κ1) is 18.0. The van der Waals surface area contributed by atoms with E-state index >= 15 is 0 Å². The molecule has 0 aliphatic carbocycles. The normalized spacial score (nSPS) is 24.9. The van der Waals surface area contributed by atoms with E-state index in [1.54, 1.807) is 29.7 Å². The van der Waals surface area contributed by atoms with Gasteiger partial charge in [-0.3, -0.25) is 14.2 Å². The third-order valence-corrected chi connectivity index (χ3v) is 6.49. The molecule has 0 fully saturated rings. The summed E-state index contributed by atoms with van der Waals surface area (Å²) in [6, 6.07) is 13.2. The molecule has 0 saturated heterocycles. The van der Waals surface area contributed by atoms with Gasteiger partial charge in [0, 0.05) is 11.1 Å². The Morgan fingerprint density at radius 1 is 1.24 bits per heavy atom. The van der Waals surface area contributed by atoms with E-state index in [0.29, 0.717) is 20.6 Å². The number of ether oxygens (including phenoxy) is 1. The lowest BCUT2D eigenvalue weighted by molar-refractivity contribution is -0.132. The van der Waals surface area contributed by atoms with Crippen molar-refractivity contribution >= 4 is 23.2 Å². The Labute approximate surface area is 169 Å². The molecule has 2 aliphatic heterocycles. The van der Waals surface area contributed by atoms with Crippen molar-refractivity contribution in [1.82, 2.24) is 4.57 Å². The summed E-state index contributed by atoms with van der Waals surface area (Å²) in [7, 11) is 0. The average Bonchev–Trinajstić information content (AvgIpc) is 2.96. The topological polar surface area (TPSA) is 60.7 Å². The second-order valence-corrected chi connectivity index (χ2v) is 8.44. The zero-order chi connectivity index (χ0) is 20.3. The number of carbonyl (C=O) groups is 1. The number of hydrogen-bond donors (Lipinski definition) is 0. The molecule has 3 heterocycles. The largest absolute Gasteiger partial charge is 0.465 e. The van der Waals surface area contributed by atoms with Crippen molar-refractivity contribution in [2.45, 2.75) is 25.6 Å². The van der Waals surface area contributed by atoms with Crippen LogP contribution in [0.1, 0.15) is 31.0 Å². The van der Waals surface area contributed by atoms with E-state index in [4.69, 9.17) is 4.74 Å². The molecular formula is C22H17FN2O3S. The van der Waals surface area contributed by atoms with Crippen molar-refractivity contribution < 1.29 is 13.9 Å². The second kappa shape index (κ2) is 6.22. The summed E-state index contributed by atoms with van der Waals surface area (Å²) in [6.07, 6.45) is 1.53. The van der Waals surface area contributed by atoms with Crippen LogP contribution in [0.3, 0.4) is 0 Å². The minimum Gasteiger partial charge on any atom is -0.465 e.